The fourth-order valence-corrected chi connectivity index (χ4v) is 1.97. The van der Waals surface area contributed by atoms with Crippen LogP contribution in [-0.4, -0.2) is 45.7 Å². The van der Waals surface area contributed by atoms with Crippen LogP contribution in [0.1, 0.15) is 31.7 Å². The van der Waals surface area contributed by atoms with Crippen molar-refractivity contribution in [3.8, 4) is 0 Å². The molecule has 1 aliphatic rings. The minimum atomic E-state index is -0.740. The lowest BCUT2D eigenvalue weighted by atomic mass is 10.2. The van der Waals surface area contributed by atoms with Crippen molar-refractivity contribution in [3.05, 3.63) is 5.89 Å². The van der Waals surface area contributed by atoms with E-state index in [1.54, 1.807) is 6.92 Å². The lowest BCUT2D eigenvalue weighted by Gasteiger charge is -2.20. The van der Waals surface area contributed by atoms with Crippen LogP contribution in [0.4, 0.5) is 5.95 Å². The topological polar surface area (TPSA) is 109 Å². The van der Waals surface area contributed by atoms with Gasteiger partial charge in [0.15, 0.2) is 0 Å². The number of aliphatic hydroxyl groups is 2. The van der Waals surface area contributed by atoms with Gasteiger partial charge in [-0.2, -0.15) is 4.98 Å². The van der Waals surface area contributed by atoms with Crippen molar-refractivity contribution >= 4 is 5.95 Å². The number of aliphatic hydroxyl groups excluding tert-OH is 2. The van der Waals surface area contributed by atoms with Crippen molar-refractivity contribution in [1.29, 1.82) is 0 Å². The highest BCUT2D eigenvalue weighted by Gasteiger charge is 2.29. The van der Waals surface area contributed by atoms with Gasteiger partial charge in [-0.05, 0) is 24.9 Å². The quantitative estimate of drug-likeness (QED) is 0.647. The molecule has 1 saturated heterocycles. The predicted octanol–water partition coefficient (Wildman–Crippen LogP) is -0.589. The van der Waals surface area contributed by atoms with Gasteiger partial charge in [0.25, 0.3) is 5.95 Å². The first-order valence-corrected chi connectivity index (χ1v) is 5.78. The van der Waals surface area contributed by atoms with Crippen LogP contribution in [0.3, 0.4) is 0 Å². The molecule has 1 aliphatic heterocycles. The highest BCUT2D eigenvalue weighted by molar-refractivity contribution is 5.32. The molecule has 2 rings (SSSR count). The number of hydrogen-bond acceptors (Lipinski definition) is 7. The number of nitrogens with zero attached hydrogens (tertiary/aromatic N) is 3. The second-order valence-electron chi connectivity index (χ2n) is 4.37. The Morgan fingerprint density at radius 2 is 2.41 bits per heavy atom. The maximum Gasteiger partial charge on any atom is 0.266 e. The number of aromatic nitrogens is 2. The van der Waals surface area contributed by atoms with Gasteiger partial charge in [-0.15, -0.1) is 0 Å². The molecule has 96 valence electrons. The van der Waals surface area contributed by atoms with E-state index >= 15 is 0 Å². The molecule has 1 unspecified atom stereocenters. The van der Waals surface area contributed by atoms with Crippen LogP contribution >= 0.6 is 0 Å². The summed E-state index contributed by atoms with van der Waals surface area (Å²) in [6.07, 6.45) is 1.18. The van der Waals surface area contributed by atoms with Gasteiger partial charge in [0.1, 0.15) is 6.04 Å². The summed E-state index contributed by atoms with van der Waals surface area (Å²) in [5.74, 6) is 0.659. The van der Waals surface area contributed by atoms with Crippen molar-refractivity contribution in [2.24, 2.45) is 5.73 Å². The molecule has 0 aliphatic carbocycles. The molecule has 1 fully saturated rings. The molecule has 0 amide bonds. The zero-order chi connectivity index (χ0) is 12.4. The van der Waals surface area contributed by atoms with E-state index in [1.165, 1.54) is 0 Å². The molecule has 3 atom stereocenters. The zero-order valence-electron chi connectivity index (χ0n) is 9.78. The minimum Gasteiger partial charge on any atom is -0.394 e. The lowest BCUT2D eigenvalue weighted by molar-refractivity contribution is 0.146. The van der Waals surface area contributed by atoms with E-state index in [0.29, 0.717) is 5.95 Å². The Bertz CT molecular complexity index is 368. The van der Waals surface area contributed by atoms with E-state index < -0.39 is 12.1 Å². The lowest BCUT2D eigenvalue weighted by Crippen LogP contribution is -2.33. The zero-order valence-corrected chi connectivity index (χ0v) is 9.78. The van der Waals surface area contributed by atoms with Crippen LogP contribution in [0.25, 0.3) is 0 Å². The van der Waals surface area contributed by atoms with E-state index in [0.717, 1.165) is 19.4 Å². The smallest absolute Gasteiger partial charge is 0.266 e. The summed E-state index contributed by atoms with van der Waals surface area (Å²) in [5, 5.41) is 22.4. The van der Waals surface area contributed by atoms with Crippen LogP contribution in [-0.2, 0) is 0 Å². The summed E-state index contributed by atoms with van der Waals surface area (Å²) in [5.41, 5.74) is 5.70. The van der Waals surface area contributed by atoms with Crippen LogP contribution in [0, 0.1) is 0 Å². The Hall–Kier alpha value is -1.18. The fourth-order valence-electron chi connectivity index (χ4n) is 1.97. The van der Waals surface area contributed by atoms with Crippen molar-refractivity contribution < 1.29 is 14.7 Å². The SMILES string of the molecule is C[C@H](O)[C@H](N)c1nc(N2CCCC2CO)no1. The van der Waals surface area contributed by atoms with Gasteiger partial charge < -0.3 is 25.4 Å². The maximum absolute atomic E-state index is 9.34. The molecule has 0 saturated carbocycles. The Kier molecular flexibility index (Phi) is 3.60. The van der Waals surface area contributed by atoms with Crippen LogP contribution in [0.15, 0.2) is 4.52 Å². The standard InChI is InChI=1S/C10H18N4O3/c1-6(16)8(11)9-12-10(13-17-9)14-4-2-3-7(14)5-15/h6-8,15-16H,2-5,11H2,1H3/t6-,7?,8-/m0/s1. The van der Waals surface area contributed by atoms with Gasteiger partial charge in [0.2, 0.25) is 5.89 Å². The van der Waals surface area contributed by atoms with Gasteiger partial charge in [0.05, 0.1) is 18.8 Å². The van der Waals surface area contributed by atoms with E-state index in [1.807, 2.05) is 4.90 Å². The molecule has 0 spiro atoms. The molecule has 4 N–H and O–H groups in total. The third-order valence-corrected chi connectivity index (χ3v) is 3.08. The van der Waals surface area contributed by atoms with E-state index in [2.05, 4.69) is 10.1 Å². The van der Waals surface area contributed by atoms with Gasteiger partial charge in [0, 0.05) is 6.54 Å². The van der Waals surface area contributed by atoms with Crippen LogP contribution < -0.4 is 10.6 Å². The van der Waals surface area contributed by atoms with Gasteiger partial charge in [-0.1, -0.05) is 0 Å². The van der Waals surface area contributed by atoms with Crippen LogP contribution in [0.5, 0.6) is 0 Å². The molecule has 0 bridgehead atoms. The summed E-state index contributed by atoms with van der Waals surface area (Å²) in [7, 11) is 0. The molecule has 0 aromatic carbocycles. The Morgan fingerprint density at radius 3 is 3.06 bits per heavy atom. The van der Waals surface area contributed by atoms with E-state index in [9.17, 15) is 10.2 Å². The molecular formula is C10H18N4O3. The first-order chi connectivity index (χ1) is 8.13. The summed E-state index contributed by atoms with van der Waals surface area (Å²) in [6, 6.07) is -0.630. The normalized spacial score (nSPS) is 24.0. The Labute approximate surface area is 99.2 Å². The third kappa shape index (κ3) is 2.41. The number of anilines is 1. The first kappa shape index (κ1) is 12.3. The van der Waals surface area contributed by atoms with E-state index in [4.69, 9.17) is 10.3 Å². The molecule has 1 aromatic rings. The predicted molar refractivity (Wildman–Crippen MR) is 60.4 cm³/mol. The summed E-state index contributed by atoms with van der Waals surface area (Å²) in [4.78, 5) is 6.07. The van der Waals surface area contributed by atoms with Gasteiger partial charge in [-0.3, -0.25) is 0 Å². The Morgan fingerprint density at radius 1 is 1.65 bits per heavy atom. The van der Waals surface area contributed by atoms with Crippen molar-refractivity contribution in [2.45, 2.75) is 38.0 Å². The second kappa shape index (κ2) is 4.99. The van der Waals surface area contributed by atoms with Crippen molar-refractivity contribution in [2.75, 3.05) is 18.1 Å². The molecule has 7 heteroatoms. The van der Waals surface area contributed by atoms with Crippen molar-refractivity contribution in [1.82, 2.24) is 10.1 Å². The molecule has 2 heterocycles. The van der Waals surface area contributed by atoms with Crippen molar-refractivity contribution in [3.63, 3.8) is 0 Å². The first-order valence-electron chi connectivity index (χ1n) is 5.78. The maximum atomic E-state index is 9.34. The summed E-state index contributed by atoms with van der Waals surface area (Å²) < 4.78 is 5.02. The molecular weight excluding hydrogens is 224 g/mol. The van der Waals surface area contributed by atoms with Crippen LogP contribution in [0.2, 0.25) is 0 Å². The molecule has 17 heavy (non-hydrogen) atoms. The average Bonchev–Trinajstić information content (AvgIpc) is 2.95. The number of rotatable bonds is 4. The third-order valence-electron chi connectivity index (χ3n) is 3.08. The average molecular weight is 242 g/mol. The summed E-state index contributed by atoms with van der Waals surface area (Å²) >= 11 is 0. The molecule has 7 nitrogen and oxygen atoms in total. The molecule has 0 radical (unpaired) electrons. The van der Waals surface area contributed by atoms with Gasteiger partial charge in [-0.25, -0.2) is 0 Å². The van der Waals surface area contributed by atoms with Gasteiger partial charge >= 0.3 is 0 Å². The monoisotopic (exact) mass is 242 g/mol. The largest absolute Gasteiger partial charge is 0.394 e. The van der Waals surface area contributed by atoms with E-state index in [-0.39, 0.29) is 18.5 Å². The Balaban J connectivity index is 2.12. The number of hydrogen-bond donors (Lipinski definition) is 3. The second-order valence-corrected chi connectivity index (χ2v) is 4.37. The fraction of sp³-hybridized carbons (Fsp3) is 0.800. The molecule has 1 aromatic heterocycles. The number of nitrogens with two attached hydrogens (primary N) is 1. The minimum absolute atomic E-state index is 0.0447. The summed E-state index contributed by atoms with van der Waals surface area (Å²) in [6.45, 7) is 2.45. The highest BCUT2D eigenvalue weighted by Crippen LogP contribution is 2.24. The highest BCUT2D eigenvalue weighted by atomic mass is 16.5.